The smallest absolute Gasteiger partial charge is 0.185 e. The number of carbonyl (C=O) groups excluding carboxylic acids is 1. The minimum absolute atomic E-state index is 0.0704. The van der Waals surface area contributed by atoms with Gasteiger partial charge in [-0.05, 0) is 37.3 Å². The zero-order valence-electron chi connectivity index (χ0n) is 10.3. The van der Waals surface area contributed by atoms with Crippen LogP contribution >= 0.6 is 0 Å². The van der Waals surface area contributed by atoms with Gasteiger partial charge in [0.1, 0.15) is 0 Å². The molecule has 0 unspecified atom stereocenters. The van der Waals surface area contributed by atoms with E-state index < -0.39 is 0 Å². The average molecular weight is 219 g/mol. The Balaban J connectivity index is 2.22. The summed E-state index contributed by atoms with van der Waals surface area (Å²) in [5.41, 5.74) is 0.724. The van der Waals surface area contributed by atoms with Crippen LogP contribution in [0.25, 0.3) is 0 Å². The number of H-pyrrole nitrogens is 1. The minimum atomic E-state index is -0.0704. The average Bonchev–Trinajstić information content (AvgIpc) is 2.85. The van der Waals surface area contributed by atoms with Crippen molar-refractivity contribution in [2.75, 3.05) is 0 Å². The van der Waals surface area contributed by atoms with E-state index in [1.165, 1.54) is 12.8 Å². The van der Waals surface area contributed by atoms with Crippen LogP contribution in [0.2, 0.25) is 0 Å². The molecule has 1 saturated carbocycles. The highest BCUT2D eigenvalue weighted by Gasteiger charge is 2.41. The third kappa shape index (κ3) is 2.06. The third-order valence-corrected chi connectivity index (χ3v) is 3.68. The molecule has 16 heavy (non-hydrogen) atoms. The van der Waals surface area contributed by atoms with Gasteiger partial charge < -0.3 is 4.98 Å². The summed E-state index contributed by atoms with van der Waals surface area (Å²) < 4.78 is 0. The Morgan fingerprint density at radius 1 is 1.44 bits per heavy atom. The van der Waals surface area contributed by atoms with Gasteiger partial charge in [0, 0.05) is 11.6 Å². The number of nitrogens with one attached hydrogen (secondary N) is 1. The fourth-order valence-corrected chi connectivity index (χ4v) is 3.11. The van der Waals surface area contributed by atoms with Gasteiger partial charge in [0.05, 0.1) is 5.69 Å². The van der Waals surface area contributed by atoms with E-state index in [1.807, 2.05) is 18.3 Å². The van der Waals surface area contributed by atoms with Crippen LogP contribution < -0.4 is 0 Å². The molecule has 1 heterocycles. The SMILES string of the molecule is CC(C)CC1(C(=O)c2ccc[nH]2)CCCC1. The lowest BCUT2D eigenvalue weighted by molar-refractivity contribution is 0.0755. The summed E-state index contributed by atoms with van der Waals surface area (Å²) in [6.07, 6.45) is 7.43. The molecule has 2 heteroatoms. The molecular formula is C14H21NO. The number of carbonyl (C=O) groups is 1. The van der Waals surface area contributed by atoms with Crippen molar-refractivity contribution < 1.29 is 4.79 Å². The molecule has 0 amide bonds. The first kappa shape index (κ1) is 11.4. The predicted molar refractivity (Wildman–Crippen MR) is 65.5 cm³/mol. The molecule has 0 spiro atoms. The maximum atomic E-state index is 12.5. The maximum absolute atomic E-state index is 12.5. The van der Waals surface area contributed by atoms with Crippen molar-refractivity contribution >= 4 is 5.78 Å². The van der Waals surface area contributed by atoms with E-state index >= 15 is 0 Å². The summed E-state index contributed by atoms with van der Waals surface area (Å²) in [6.45, 7) is 4.42. The first-order chi connectivity index (χ1) is 7.64. The number of aromatic nitrogens is 1. The standard InChI is InChI=1S/C14H21NO/c1-11(2)10-14(7-3-4-8-14)13(16)12-6-5-9-15-12/h5-6,9,11,15H,3-4,7-8,10H2,1-2H3. The van der Waals surface area contributed by atoms with Crippen molar-refractivity contribution in [3.8, 4) is 0 Å². The molecule has 1 fully saturated rings. The molecule has 2 nitrogen and oxygen atoms in total. The van der Waals surface area contributed by atoms with Crippen LogP contribution in [-0.4, -0.2) is 10.8 Å². The molecule has 2 rings (SSSR count). The first-order valence-corrected chi connectivity index (χ1v) is 6.32. The molecular weight excluding hydrogens is 198 g/mol. The van der Waals surface area contributed by atoms with E-state index in [0.29, 0.717) is 11.7 Å². The summed E-state index contributed by atoms with van der Waals surface area (Å²) in [7, 11) is 0. The third-order valence-electron chi connectivity index (χ3n) is 3.68. The molecule has 1 aliphatic rings. The van der Waals surface area contributed by atoms with E-state index in [-0.39, 0.29) is 5.41 Å². The molecule has 1 aromatic heterocycles. The van der Waals surface area contributed by atoms with Crippen LogP contribution in [0.3, 0.4) is 0 Å². The second-order valence-corrected chi connectivity index (χ2v) is 5.50. The normalized spacial score (nSPS) is 19.2. The van der Waals surface area contributed by atoms with Gasteiger partial charge in [0.25, 0.3) is 0 Å². The van der Waals surface area contributed by atoms with Gasteiger partial charge >= 0.3 is 0 Å². The van der Waals surface area contributed by atoms with E-state index in [0.717, 1.165) is 25.0 Å². The Morgan fingerprint density at radius 2 is 2.12 bits per heavy atom. The summed E-state index contributed by atoms with van der Waals surface area (Å²) in [5.74, 6) is 0.931. The van der Waals surface area contributed by atoms with Crippen molar-refractivity contribution in [1.29, 1.82) is 0 Å². The molecule has 88 valence electrons. The Hall–Kier alpha value is -1.05. The zero-order valence-corrected chi connectivity index (χ0v) is 10.3. The van der Waals surface area contributed by atoms with Crippen LogP contribution in [0.4, 0.5) is 0 Å². The summed E-state index contributed by atoms with van der Waals surface area (Å²) in [4.78, 5) is 15.6. The molecule has 0 saturated heterocycles. The highest BCUT2D eigenvalue weighted by atomic mass is 16.1. The number of hydrogen-bond donors (Lipinski definition) is 1. The molecule has 0 radical (unpaired) electrons. The second kappa shape index (κ2) is 4.44. The minimum Gasteiger partial charge on any atom is -0.359 e. The summed E-state index contributed by atoms with van der Waals surface area (Å²) in [5, 5.41) is 0. The number of aromatic amines is 1. The Morgan fingerprint density at radius 3 is 2.62 bits per heavy atom. The van der Waals surface area contributed by atoms with Gasteiger partial charge in [0.15, 0.2) is 5.78 Å². The topological polar surface area (TPSA) is 32.9 Å². The van der Waals surface area contributed by atoms with Gasteiger partial charge in [-0.15, -0.1) is 0 Å². The molecule has 1 aliphatic carbocycles. The number of rotatable bonds is 4. The highest BCUT2D eigenvalue weighted by Crippen LogP contribution is 2.45. The molecule has 0 aliphatic heterocycles. The van der Waals surface area contributed by atoms with Gasteiger partial charge in [0.2, 0.25) is 0 Å². The van der Waals surface area contributed by atoms with Crippen molar-refractivity contribution in [2.45, 2.75) is 46.0 Å². The van der Waals surface area contributed by atoms with E-state index in [2.05, 4.69) is 18.8 Å². The van der Waals surface area contributed by atoms with Crippen LogP contribution in [-0.2, 0) is 0 Å². The number of hydrogen-bond acceptors (Lipinski definition) is 1. The van der Waals surface area contributed by atoms with Crippen LogP contribution in [0, 0.1) is 11.3 Å². The van der Waals surface area contributed by atoms with Gasteiger partial charge in [-0.2, -0.15) is 0 Å². The number of Topliss-reactive ketones (excluding diaryl/α,β-unsaturated/α-hetero) is 1. The first-order valence-electron chi connectivity index (χ1n) is 6.32. The van der Waals surface area contributed by atoms with Gasteiger partial charge in [-0.3, -0.25) is 4.79 Å². The maximum Gasteiger partial charge on any atom is 0.185 e. The lowest BCUT2D eigenvalue weighted by Crippen LogP contribution is -2.30. The van der Waals surface area contributed by atoms with Gasteiger partial charge in [-0.1, -0.05) is 26.7 Å². The Bertz CT molecular complexity index is 345. The summed E-state index contributed by atoms with van der Waals surface area (Å²) in [6, 6.07) is 3.81. The highest BCUT2D eigenvalue weighted by molar-refractivity contribution is 5.99. The summed E-state index contributed by atoms with van der Waals surface area (Å²) >= 11 is 0. The molecule has 1 N–H and O–H groups in total. The zero-order chi connectivity index (χ0) is 11.6. The molecule has 0 aromatic carbocycles. The Labute approximate surface area is 97.4 Å². The Kier molecular flexibility index (Phi) is 3.17. The predicted octanol–water partition coefficient (Wildman–Crippen LogP) is 3.80. The fraction of sp³-hybridized carbons (Fsp3) is 0.643. The van der Waals surface area contributed by atoms with Crippen LogP contribution in [0.15, 0.2) is 18.3 Å². The largest absolute Gasteiger partial charge is 0.359 e. The van der Waals surface area contributed by atoms with E-state index in [9.17, 15) is 4.79 Å². The van der Waals surface area contributed by atoms with Crippen molar-refractivity contribution in [3.63, 3.8) is 0 Å². The van der Waals surface area contributed by atoms with Crippen molar-refractivity contribution in [3.05, 3.63) is 24.0 Å². The monoisotopic (exact) mass is 219 g/mol. The molecule has 1 aromatic rings. The van der Waals surface area contributed by atoms with Crippen molar-refractivity contribution in [1.82, 2.24) is 4.98 Å². The van der Waals surface area contributed by atoms with E-state index in [4.69, 9.17) is 0 Å². The van der Waals surface area contributed by atoms with Crippen LogP contribution in [0.1, 0.15) is 56.4 Å². The van der Waals surface area contributed by atoms with Gasteiger partial charge in [-0.25, -0.2) is 0 Å². The fourth-order valence-electron chi connectivity index (χ4n) is 3.11. The lowest BCUT2D eigenvalue weighted by atomic mass is 9.74. The van der Waals surface area contributed by atoms with Crippen molar-refractivity contribution in [2.24, 2.45) is 11.3 Å². The lowest BCUT2D eigenvalue weighted by Gasteiger charge is -2.28. The second-order valence-electron chi connectivity index (χ2n) is 5.50. The molecule has 0 atom stereocenters. The van der Waals surface area contributed by atoms with Crippen LogP contribution in [0.5, 0.6) is 0 Å². The molecule has 0 bridgehead atoms. The number of ketones is 1. The quantitative estimate of drug-likeness (QED) is 0.767. The van der Waals surface area contributed by atoms with E-state index in [1.54, 1.807) is 0 Å².